The first-order chi connectivity index (χ1) is 23.6. The maximum absolute atomic E-state index is 12.7. The Labute approximate surface area is 303 Å². The fourth-order valence-electron chi connectivity index (χ4n) is 10.6. The number of fused-ring (bicyclic) bond motifs is 2. The molecule has 4 N–H and O–H groups in total. The summed E-state index contributed by atoms with van der Waals surface area (Å²) in [6.07, 6.45) is 15.2. The molecule has 10 atom stereocenters. The molecule has 0 spiro atoms. The van der Waals surface area contributed by atoms with Crippen molar-refractivity contribution in [3.63, 3.8) is 0 Å². The first-order valence-corrected chi connectivity index (χ1v) is 20.5. The Morgan fingerprint density at radius 1 is 0.620 bits per heavy atom. The fourth-order valence-corrected chi connectivity index (χ4v) is 10.6. The molecule has 0 amide bonds. The Hall–Kier alpha value is -1.30. The van der Waals surface area contributed by atoms with Crippen LogP contribution in [0.15, 0.2) is 0 Å². The summed E-state index contributed by atoms with van der Waals surface area (Å²) in [6, 6.07) is 1.34. The van der Waals surface area contributed by atoms with Crippen molar-refractivity contribution in [2.75, 3.05) is 52.5 Å². The predicted octanol–water partition coefficient (Wildman–Crippen LogP) is 4.73. The average molecular weight is 711 g/mol. The lowest BCUT2D eigenvalue weighted by Gasteiger charge is -2.35. The highest BCUT2D eigenvalue weighted by Crippen LogP contribution is 2.41. The summed E-state index contributed by atoms with van der Waals surface area (Å²) in [5.41, 5.74) is -3.72. The highest BCUT2D eigenvalue weighted by molar-refractivity contribution is 5.81. The number of aliphatic hydroxyl groups excluding tert-OH is 2. The monoisotopic (exact) mass is 711 g/mol. The van der Waals surface area contributed by atoms with Gasteiger partial charge in [-0.15, -0.1) is 0 Å². The highest BCUT2D eigenvalue weighted by Gasteiger charge is 2.52. The number of ether oxygens (including phenoxy) is 2. The van der Waals surface area contributed by atoms with Gasteiger partial charge < -0.3 is 38.9 Å². The molecule has 10 heteroatoms. The van der Waals surface area contributed by atoms with Crippen molar-refractivity contribution in [3.05, 3.63) is 0 Å². The van der Waals surface area contributed by atoms with E-state index in [0.29, 0.717) is 37.1 Å². The number of quaternary nitrogens is 2. The Morgan fingerprint density at radius 2 is 0.960 bits per heavy atom. The van der Waals surface area contributed by atoms with Gasteiger partial charge in [-0.2, -0.15) is 0 Å². The number of esters is 2. The van der Waals surface area contributed by atoms with Crippen molar-refractivity contribution in [2.45, 2.75) is 167 Å². The summed E-state index contributed by atoms with van der Waals surface area (Å²) in [7, 11) is 0. The second-order valence-corrected chi connectivity index (χ2v) is 17.8. The summed E-state index contributed by atoms with van der Waals surface area (Å²) in [4.78, 5) is 25.5. The topological polar surface area (TPSA) is 134 Å². The molecule has 290 valence electrons. The Kier molecular flexibility index (Phi) is 14.7. The standard InChI is InChI=1S/C40H74N2O8/c1-29(2)39(47,31(5)43)37(45)49-27-33-23-35-17-15-21-41(35,25-33)19-13-11-9-7-8-10-12-14-20-42-22-16-18-36(42)24-34(26-42)28-50-38(46)40(48,30(3)4)32(6)44/h29-36,43-44,47-48H,7-28H2,1-6H3/q+2. The van der Waals surface area contributed by atoms with Crippen molar-refractivity contribution in [1.82, 2.24) is 0 Å². The van der Waals surface area contributed by atoms with Crippen LogP contribution in [0, 0.1) is 23.7 Å². The molecule has 0 aliphatic carbocycles. The lowest BCUT2D eigenvalue weighted by atomic mass is 9.85. The summed E-state index contributed by atoms with van der Waals surface area (Å²) in [5, 5.41) is 41.7. The molecule has 4 aliphatic heterocycles. The van der Waals surface area contributed by atoms with E-state index in [0.717, 1.165) is 25.9 Å². The maximum atomic E-state index is 12.7. The van der Waals surface area contributed by atoms with Crippen LogP contribution in [0.4, 0.5) is 0 Å². The van der Waals surface area contributed by atoms with E-state index in [1.165, 1.54) is 126 Å². The first-order valence-electron chi connectivity index (χ1n) is 20.5. The molecule has 0 bridgehead atoms. The fraction of sp³-hybridized carbons (Fsp3) is 0.950. The second kappa shape index (κ2) is 17.7. The summed E-state index contributed by atoms with van der Waals surface area (Å²) in [6.45, 7) is 17.5. The zero-order chi connectivity index (χ0) is 36.7. The zero-order valence-corrected chi connectivity index (χ0v) is 32.5. The van der Waals surface area contributed by atoms with E-state index in [9.17, 15) is 30.0 Å². The smallest absolute Gasteiger partial charge is 0.341 e. The SMILES string of the molecule is CC(C)C(O)(C(=O)OCC1CC2CCC[N+]2(CCCCCCCCCC[N+]23CCCC2CC(COC(=O)C(O)(C(C)C)C(C)O)C3)C1)C(C)O. The van der Waals surface area contributed by atoms with E-state index >= 15 is 0 Å². The zero-order valence-electron chi connectivity index (χ0n) is 32.5. The second-order valence-electron chi connectivity index (χ2n) is 17.8. The molecule has 4 rings (SSSR count). The van der Waals surface area contributed by atoms with Crippen LogP contribution in [-0.4, -0.2) is 129 Å². The molecule has 0 aromatic heterocycles. The number of carbonyl (C=O) groups is 2. The molecule has 4 heterocycles. The number of hydrogen-bond donors (Lipinski definition) is 4. The molecule has 10 unspecified atom stereocenters. The molecule has 4 aliphatic rings. The summed E-state index contributed by atoms with van der Waals surface area (Å²) >= 11 is 0. The minimum absolute atomic E-state index is 0.326. The molecule has 4 saturated heterocycles. The van der Waals surface area contributed by atoms with Crippen LogP contribution in [0.5, 0.6) is 0 Å². The van der Waals surface area contributed by atoms with Crippen LogP contribution in [0.1, 0.15) is 131 Å². The maximum Gasteiger partial charge on any atom is 0.341 e. The highest BCUT2D eigenvalue weighted by atomic mass is 16.6. The molecule has 0 aromatic carbocycles. The minimum Gasteiger partial charge on any atom is -0.463 e. The third kappa shape index (κ3) is 9.07. The van der Waals surface area contributed by atoms with Crippen LogP contribution in [0.25, 0.3) is 0 Å². The molecule has 0 radical (unpaired) electrons. The number of aliphatic hydroxyl groups is 4. The van der Waals surface area contributed by atoms with E-state index in [2.05, 4.69) is 0 Å². The largest absolute Gasteiger partial charge is 0.463 e. The molecular formula is C40H74N2O8+2. The van der Waals surface area contributed by atoms with E-state index in [1.54, 1.807) is 27.7 Å². The quantitative estimate of drug-likeness (QED) is 0.0764. The number of rotatable bonds is 21. The van der Waals surface area contributed by atoms with Gasteiger partial charge in [0.1, 0.15) is 0 Å². The van der Waals surface area contributed by atoms with Gasteiger partial charge >= 0.3 is 11.9 Å². The van der Waals surface area contributed by atoms with Crippen molar-refractivity contribution in [2.24, 2.45) is 23.7 Å². The van der Waals surface area contributed by atoms with Gasteiger partial charge in [0.05, 0.1) is 76.8 Å². The van der Waals surface area contributed by atoms with E-state index in [1.807, 2.05) is 0 Å². The van der Waals surface area contributed by atoms with Crippen molar-refractivity contribution >= 4 is 11.9 Å². The number of hydrogen-bond acceptors (Lipinski definition) is 8. The van der Waals surface area contributed by atoms with Gasteiger partial charge in [-0.3, -0.25) is 0 Å². The van der Waals surface area contributed by atoms with E-state index in [-0.39, 0.29) is 0 Å². The van der Waals surface area contributed by atoms with Gasteiger partial charge in [-0.1, -0.05) is 53.4 Å². The van der Waals surface area contributed by atoms with Crippen LogP contribution in [0.2, 0.25) is 0 Å². The van der Waals surface area contributed by atoms with Crippen LogP contribution in [-0.2, 0) is 19.1 Å². The van der Waals surface area contributed by atoms with Crippen LogP contribution in [0.3, 0.4) is 0 Å². The summed E-state index contributed by atoms with van der Waals surface area (Å²) < 4.78 is 13.6. The van der Waals surface area contributed by atoms with E-state index < -0.39 is 47.2 Å². The molecule has 10 nitrogen and oxygen atoms in total. The molecular weight excluding hydrogens is 636 g/mol. The van der Waals surface area contributed by atoms with Crippen molar-refractivity contribution < 1.29 is 48.5 Å². The van der Waals surface area contributed by atoms with Gasteiger partial charge in [0.25, 0.3) is 0 Å². The summed E-state index contributed by atoms with van der Waals surface area (Å²) in [5.74, 6) is -1.58. The van der Waals surface area contributed by atoms with Gasteiger partial charge in [-0.05, 0) is 51.4 Å². The molecule has 0 saturated carbocycles. The number of carbonyl (C=O) groups excluding carboxylic acids is 2. The van der Waals surface area contributed by atoms with Gasteiger partial charge in [0, 0.05) is 50.4 Å². The van der Waals surface area contributed by atoms with Crippen molar-refractivity contribution in [1.29, 1.82) is 0 Å². The lowest BCUT2D eigenvalue weighted by molar-refractivity contribution is -0.928. The van der Waals surface area contributed by atoms with Gasteiger partial charge in [0.15, 0.2) is 11.2 Å². The molecule has 4 fully saturated rings. The molecule has 50 heavy (non-hydrogen) atoms. The number of nitrogens with zero attached hydrogens (tertiary/aromatic N) is 2. The van der Waals surface area contributed by atoms with Crippen molar-refractivity contribution in [3.8, 4) is 0 Å². The van der Waals surface area contributed by atoms with Crippen LogP contribution < -0.4 is 0 Å². The normalized spacial score (nSPS) is 32.8. The minimum atomic E-state index is -1.86. The Bertz CT molecular complexity index is 997. The average Bonchev–Trinajstić information content (AvgIpc) is 3.80. The number of unbranched alkanes of at least 4 members (excludes halogenated alkanes) is 7. The van der Waals surface area contributed by atoms with Gasteiger partial charge in [-0.25, -0.2) is 9.59 Å². The lowest BCUT2D eigenvalue weighted by Crippen LogP contribution is -2.53. The Morgan fingerprint density at radius 3 is 1.28 bits per heavy atom. The predicted molar refractivity (Wildman–Crippen MR) is 194 cm³/mol. The van der Waals surface area contributed by atoms with Crippen LogP contribution >= 0.6 is 0 Å². The third-order valence-electron chi connectivity index (χ3n) is 13.8. The van der Waals surface area contributed by atoms with E-state index in [4.69, 9.17) is 9.47 Å². The Balaban J connectivity index is 1.08. The van der Waals surface area contributed by atoms with Gasteiger partial charge in [0.2, 0.25) is 0 Å². The molecule has 0 aromatic rings. The third-order valence-corrected chi connectivity index (χ3v) is 13.8. The first kappa shape index (κ1) is 41.5.